The molecule has 8 nitrogen and oxygen atoms in total. The molecule has 0 atom stereocenters. The van der Waals surface area contributed by atoms with Crippen molar-refractivity contribution >= 4 is 17.1 Å². The lowest BCUT2D eigenvalue weighted by molar-refractivity contribution is 0.310. The minimum absolute atomic E-state index is 0.0806. The lowest BCUT2D eigenvalue weighted by atomic mass is 9.98. The van der Waals surface area contributed by atoms with Crippen LogP contribution in [0.4, 0.5) is 5.95 Å². The first-order chi connectivity index (χ1) is 16.8. The van der Waals surface area contributed by atoms with E-state index in [0.29, 0.717) is 29.6 Å². The van der Waals surface area contributed by atoms with Crippen LogP contribution in [0.25, 0.3) is 22.3 Å². The second-order valence-electron chi connectivity index (χ2n) is 9.38. The number of nitrogens with zero attached hydrogens (tertiary/aromatic N) is 4. The summed E-state index contributed by atoms with van der Waals surface area (Å²) in [6.45, 7) is 5.06. The van der Waals surface area contributed by atoms with Crippen LogP contribution in [0.1, 0.15) is 31.4 Å². The third kappa shape index (κ3) is 5.07. The van der Waals surface area contributed by atoms with Crippen LogP contribution in [0.3, 0.4) is 0 Å². The Morgan fingerprint density at radius 2 is 1.71 bits per heavy atom. The van der Waals surface area contributed by atoms with Crippen molar-refractivity contribution in [3.8, 4) is 11.1 Å². The Balaban J connectivity index is 1.71. The summed E-state index contributed by atoms with van der Waals surface area (Å²) in [5, 5.41) is 12.4. The van der Waals surface area contributed by atoms with Gasteiger partial charge in [-0.3, -0.25) is 18.5 Å². The molecule has 0 unspecified atom stereocenters. The van der Waals surface area contributed by atoms with Crippen LogP contribution < -0.4 is 16.6 Å². The predicted molar refractivity (Wildman–Crippen MR) is 140 cm³/mol. The summed E-state index contributed by atoms with van der Waals surface area (Å²) in [6.07, 6.45) is 2.25. The molecule has 0 spiro atoms. The summed E-state index contributed by atoms with van der Waals surface area (Å²) in [4.78, 5) is 30.0. The van der Waals surface area contributed by atoms with Gasteiger partial charge in [0.15, 0.2) is 11.2 Å². The summed E-state index contributed by atoms with van der Waals surface area (Å²) >= 11 is 0. The monoisotopic (exact) mass is 475 g/mol. The lowest BCUT2D eigenvalue weighted by Gasteiger charge is -2.12. The number of hydrogen-bond donors (Lipinski definition) is 2. The smallest absolute Gasteiger partial charge is 0.332 e. The van der Waals surface area contributed by atoms with Gasteiger partial charge in [-0.2, -0.15) is 4.98 Å². The molecule has 0 saturated heterocycles. The van der Waals surface area contributed by atoms with Gasteiger partial charge in [0, 0.05) is 20.6 Å². The molecule has 184 valence electrons. The number of aryl methyl sites for hydroxylation is 2. The van der Waals surface area contributed by atoms with E-state index in [0.717, 1.165) is 27.7 Å². The van der Waals surface area contributed by atoms with E-state index < -0.39 is 11.2 Å². The lowest BCUT2D eigenvalue weighted by Crippen LogP contribution is -2.37. The Hall–Kier alpha value is -3.65. The average molecular weight is 476 g/mol. The highest BCUT2D eigenvalue weighted by Gasteiger charge is 2.19. The Bertz CT molecular complexity index is 1440. The number of imidazole rings is 1. The van der Waals surface area contributed by atoms with Crippen LogP contribution in [0.15, 0.2) is 58.1 Å². The normalized spacial score (nSPS) is 11.5. The molecule has 0 bridgehead atoms. The van der Waals surface area contributed by atoms with E-state index in [1.165, 1.54) is 23.6 Å². The van der Waals surface area contributed by atoms with Gasteiger partial charge in [0.05, 0.1) is 13.2 Å². The second-order valence-corrected chi connectivity index (χ2v) is 9.38. The number of fused-ring (bicyclic) bond motifs is 1. The van der Waals surface area contributed by atoms with Gasteiger partial charge >= 0.3 is 5.69 Å². The first-order valence-electron chi connectivity index (χ1n) is 12.0. The van der Waals surface area contributed by atoms with Gasteiger partial charge < -0.3 is 10.4 Å². The number of aliphatic hydroxyl groups excluding tert-OH is 1. The quantitative estimate of drug-likeness (QED) is 0.388. The maximum Gasteiger partial charge on any atom is 0.332 e. The molecule has 2 aromatic carbocycles. The summed E-state index contributed by atoms with van der Waals surface area (Å²) < 4.78 is 4.24. The van der Waals surface area contributed by atoms with E-state index in [1.807, 2.05) is 12.1 Å². The highest BCUT2D eigenvalue weighted by Crippen LogP contribution is 2.24. The molecule has 2 N–H and O–H groups in total. The Labute approximate surface area is 204 Å². The van der Waals surface area contributed by atoms with Crippen molar-refractivity contribution < 1.29 is 5.11 Å². The molecule has 0 amide bonds. The van der Waals surface area contributed by atoms with Crippen LogP contribution in [-0.2, 0) is 27.1 Å². The highest BCUT2D eigenvalue weighted by atomic mass is 16.3. The van der Waals surface area contributed by atoms with Gasteiger partial charge in [0.25, 0.3) is 5.56 Å². The molecule has 2 heterocycles. The van der Waals surface area contributed by atoms with Crippen LogP contribution in [0.2, 0.25) is 0 Å². The first kappa shape index (κ1) is 24.5. The number of anilines is 1. The van der Waals surface area contributed by atoms with Crippen molar-refractivity contribution in [3.05, 3.63) is 80.5 Å². The third-order valence-corrected chi connectivity index (χ3v) is 6.31. The van der Waals surface area contributed by atoms with Crippen LogP contribution in [0, 0.1) is 5.92 Å². The fourth-order valence-corrected chi connectivity index (χ4v) is 4.25. The van der Waals surface area contributed by atoms with Gasteiger partial charge in [-0.15, -0.1) is 0 Å². The fraction of sp³-hybridized carbons (Fsp3) is 0.370. The van der Waals surface area contributed by atoms with E-state index in [-0.39, 0.29) is 13.2 Å². The number of aliphatic hydroxyl groups is 1. The zero-order valence-electron chi connectivity index (χ0n) is 20.8. The Morgan fingerprint density at radius 1 is 0.971 bits per heavy atom. The van der Waals surface area contributed by atoms with E-state index in [1.54, 1.807) is 11.6 Å². The van der Waals surface area contributed by atoms with E-state index in [4.69, 9.17) is 0 Å². The van der Waals surface area contributed by atoms with E-state index in [2.05, 4.69) is 60.5 Å². The largest absolute Gasteiger partial charge is 0.395 e. The highest BCUT2D eigenvalue weighted by molar-refractivity contribution is 5.74. The van der Waals surface area contributed by atoms with Crippen molar-refractivity contribution in [2.45, 2.75) is 33.2 Å². The number of hydrogen-bond acceptors (Lipinski definition) is 5. The van der Waals surface area contributed by atoms with Crippen molar-refractivity contribution in [2.24, 2.45) is 20.0 Å². The third-order valence-electron chi connectivity index (χ3n) is 6.31. The molecule has 4 rings (SSSR count). The molecule has 0 aliphatic carbocycles. The van der Waals surface area contributed by atoms with Crippen LogP contribution in [0.5, 0.6) is 0 Å². The first-order valence-corrected chi connectivity index (χ1v) is 12.0. The van der Waals surface area contributed by atoms with E-state index in [9.17, 15) is 14.7 Å². The molecular weight excluding hydrogens is 442 g/mol. The Morgan fingerprint density at radius 3 is 2.40 bits per heavy atom. The molecular formula is C27H33N5O3. The maximum atomic E-state index is 13.0. The molecule has 0 aliphatic heterocycles. The zero-order chi connectivity index (χ0) is 25.1. The van der Waals surface area contributed by atoms with Crippen molar-refractivity contribution in [3.63, 3.8) is 0 Å². The second kappa shape index (κ2) is 10.3. The Kier molecular flexibility index (Phi) is 7.21. The summed E-state index contributed by atoms with van der Waals surface area (Å²) in [7, 11) is 3.07. The number of rotatable bonds is 9. The number of benzene rings is 2. The predicted octanol–water partition coefficient (Wildman–Crippen LogP) is 3.14. The molecule has 4 aromatic rings. The fourth-order valence-electron chi connectivity index (χ4n) is 4.25. The molecule has 0 radical (unpaired) electrons. The van der Waals surface area contributed by atoms with Gasteiger partial charge in [0.2, 0.25) is 5.95 Å². The van der Waals surface area contributed by atoms with Gasteiger partial charge in [0.1, 0.15) is 0 Å². The van der Waals surface area contributed by atoms with Gasteiger partial charge in [-0.05, 0) is 47.1 Å². The van der Waals surface area contributed by atoms with Gasteiger partial charge in [-0.25, -0.2) is 4.79 Å². The minimum Gasteiger partial charge on any atom is -0.395 e. The average Bonchev–Trinajstić information content (AvgIpc) is 3.22. The standard InChI is InChI=1S/C27H33N5O3/c1-18(2)8-9-19-10-12-21(13-11-19)22-7-5-6-20(16-22)17-32-23-24(29-26(32)28-14-15-33)30(3)27(35)31(4)25(23)34/h5-7,10-13,16,18,33H,8-9,14-15,17H2,1-4H3,(H,28,29). The topological polar surface area (TPSA) is 94.1 Å². The van der Waals surface area contributed by atoms with E-state index >= 15 is 0 Å². The maximum absolute atomic E-state index is 13.0. The molecule has 8 heteroatoms. The minimum atomic E-state index is -0.431. The SMILES string of the molecule is CC(C)CCc1ccc(-c2cccc(Cn3c(NCCO)nc4c3c(=O)n(C)c(=O)n4C)c2)cc1. The summed E-state index contributed by atoms with van der Waals surface area (Å²) in [5.41, 5.74) is 4.38. The molecule has 0 aliphatic rings. The zero-order valence-corrected chi connectivity index (χ0v) is 20.8. The number of nitrogens with one attached hydrogen (secondary N) is 1. The van der Waals surface area contributed by atoms with Crippen molar-refractivity contribution in [2.75, 3.05) is 18.5 Å². The molecule has 0 saturated carbocycles. The summed E-state index contributed by atoms with van der Waals surface area (Å²) in [6, 6.07) is 16.9. The van der Waals surface area contributed by atoms with Gasteiger partial charge in [-0.1, -0.05) is 56.3 Å². The van der Waals surface area contributed by atoms with Crippen molar-refractivity contribution in [1.82, 2.24) is 18.7 Å². The summed E-state index contributed by atoms with van der Waals surface area (Å²) in [5.74, 6) is 1.12. The molecule has 0 fully saturated rings. The molecule has 2 aromatic heterocycles. The van der Waals surface area contributed by atoms with Crippen molar-refractivity contribution in [1.29, 1.82) is 0 Å². The molecule has 35 heavy (non-hydrogen) atoms. The van der Waals surface area contributed by atoms with Crippen LogP contribution >= 0.6 is 0 Å². The van der Waals surface area contributed by atoms with Crippen LogP contribution in [-0.4, -0.2) is 36.9 Å². The number of aromatic nitrogens is 4.